The van der Waals surface area contributed by atoms with Crippen LogP contribution in [-0.2, 0) is 0 Å². The van der Waals surface area contributed by atoms with Gasteiger partial charge in [0.2, 0.25) is 0 Å². The Morgan fingerprint density at radius 2 is 2.00 bits per heavy atom. The molecule has 1 aromatic carbocycles. The molecule has 2 aromatic rings. The summed E-state index contributed by atoms with van der Waals surface area (Å²) in [6.45, 7) is 3.61. The van der Waals surface area contributed by atoms with Crippen LogP contribution in [0.25, 0.3) is 0 Å². The van der Waals surface area contributed by atoms with Crippen LogP contribution in [0.15, 0.2) is 36.5 Å². The molecule has 4 heteroatoms. The number of aromatic nitrogens is 1. The van der Waals surface area contributed by atoms with Crippen LogP contribution in [0.3, 0.4) is 0 Å². The van der Waals surface area contributed by atoms with Crippen LogP contribution >= 0.6 is 0 Å². The zero-order valence-electron chi connectivity index (χ0n) is 12.0. The third kappa shape index (κ3) is 3.91. The molecule has 2 rings (SSSR count). The first-order valence-corrected chi connectivity index (χ1v) is 6.54. The van der Waals surface area contributed by atoms with Gasteiger partial charge in [0.25, 0.3) is 5.91 Å². The van der Waals surface area contributed by atoms with Crippen LogP contribution in [0.5, 0.6) is 0 Å². The molecule has 21 heavy (non-hydrogen) atoms. The molecule has 0 aliphatic heterocycles. The van der Waals surface area contributed by atoms with Crippen molar-refractivity contribution in [3.05, 3.63) is 58.8 Å². The van der Waals surface area contributed by atoms with Gasteiger partial charge in [0, 0.05) is 11.8 Å². The van der Waals surface area contributed by atoms with Gasteiger partial charge < -0.3 is 10.4 Å². The van der Waals surface area contributed by atoms with Crippen molar-refractivity contribution in [2.45, 2.75) is 13.8 Å². The highest BCUT2D eigenvalue weighted by atomic mass is 16.2. The van der Waals surface area contributed by atoms with Gasteiger partial charge >= 0.3 is 0 Å². The Morgan fingerprint density at radius 3 is 2.67 bits per heavy atom. The molecule has 106 valence electrons. The Balaban J connectivity index is 2.28. The molecule has 0 aliphatic carbocycles. The number of hydrogen-bond donors (Lipinski definition) is 2. The van der Waals surface area contributed by atoms with Gasteiger partial charge in [-0.15, -0.1) is 0 Å². The van der Waals surface area contributed by atoms with Crippen LogP contribution in [0.4, 0.5) is 5.82 Å². The van der Waals surface area contributed by atoms with Crippen molar-refractivity contribution in [2.75, 3.05) is 11.9 Å². The maximum atomic E-state index is 12.3. The number of benzene rings is 1. The van der Waals surface area contributed by atoms with E-state index in [1.54, 1.807) is 18.3 Å². The van der Waals surface area contributed by atoms with Crippen LogP contribution in [0.2, 0.25) is 0 Å². The van der Waals surface area contributed by atoms with E-state index in [1.165, 1.54) is 0 Å². The van der Waals surface area contributed by atoms with Crippen LogP contribution in [-0.4, -0.2) is 22.6 Å². The molecule has 0 aliphatic rings. The molecule has 1 aromatic heterocycles. The monoisotopic (exact) mass is 280 g/mol. The number of carbonyl (C=O) groups excluding carboxylic acids is 1. The van der Waals surface area contributed by atoms with Crippen molar-refractivity contribution in [1.29, 1.82) is 0 Å². The number of aliphatic hydroxyl groups excluding tert-OH is 1. The number of nitrogens with zero attached hydrogens (tertiary/aromatic N) is 1. The summed E-state index contributed by atoms with van der Waals surface area (Å²) in [4.78, 5) is 16.5. The summed E-state index contributed by atoms with van der Waals surface area (Å²) in [5, 5.41) is 11.5. The summed E-state index contributed by atoms with van der Waals surface area (Å²) < 4.78 is 0. The van der Waals surface area contributed by atoms with Gasteiger partial charge in [-0.3, -0.25) is 4.79 Å². The third-order valence-electron chi connectivity index (χ3n) is 2.87. The van der Waals surface area contributed by atoms with E-state index in [0.29, 0.717) is 16.9 Å². The summed E-state index contributed by atoms with van der Waals surface area (Å²) in [5.74, 6) is 5.59. The van der Waals surface area contributed by atoms with E-state index < -0.39 is 0 Å². The molecule has 0 saturated heterocycles. The number of carbonyl (C=O) groups is 1. The SMILES string of the molecule is Cc1ccc(NC(=O)c2ccc(C)cc2C#CCO)nc1. The number of rotatable bonds is 2. The van der Waals surface area contributed by atoms with Gasteiger partial charge in [0.15, 0.2) is 0 Å². The molecule has 4 nitrogen and oxygen atoms in total. The highest BCUT2D eigenvalue weighted by Gasteiger charge is 2.11. The average Bonchev–Trinajstić information content (AvgIpc) is 2.47. The third-order valence-corrected chi connectivity index (χ3v) is 2.87. The van der Waals surface area contributed by atoms with E-state index >= 15 is 0 Å². The number of aryl methyl sites for hydroxylation is 2. The van der Waals surface area contributed by atoms with E-state index in [2.05, 4.69) is 22.1 Å². The number of aliphatic hydroxyl groups is 1. The maximum absolute atomic E-state index is 12.3. The Hall–Kier alpha value is -2.64. The normalized spacial score (nSPS) is 9.67. The molecule has 0 unspecified atom stereocenters. The fourth-order valence-corrected chi connectivity index (χ4v) is 1.82. The Kier molecular flexibility index (Phi) is 4.70. The van der Waals surface area contributed by atoms with E-state index in [0.717, 1.165) is 11.1 Å². The van der Waals surface area contributed by atoms with Crippen molar-refractivity contribution in [3.8, 4) is 11.8 Å². The van der Waals surface area contributed by atoms with Crippen molar-refractivity contribution in [2.24, 2.45) is 0 Å². The number of amides is 1. The quantitative estimate of drug-likeness (QED) is 0.830. The minimum Gasteiger partial charge on any atom is -0.384 e. The van der Waals surface area contributed by atoms with Gasteiger partial charge in [-0.2, -0.15) is 0 Å². The lowest BCUT2D eigenvalue weighted by Gasteiger charge is -2.07. The maximum Gasteiger partial charge on any atom is 0.258 e. The zero-order chi connectivity index (χ0) is 15.2. The number of hydrogen-bond acceptors (Lipinski definition) is 3. The Morgan fingerprint density at radius 1 is 1.24 bits per heavy atom. The van der Waals surface area contributed by atoms with Crippen LogP contribution in [0, 0.1) is 25.7 Å². The fourth-order valence-electron chi connectivity index (χ4n) is 1.82. The van der Waals surface area contributed by atoms with Gasteiger partial charge in [-0.05, 0) is 43.2 Å². The van der Waals surface area contributed by atoms with E-state index in [4.69, 9.17) is 5.11 Å². The zero-order valence-corrected chi connectivity index (χ0v) is 12.0. The summed E-state index contributed by atoms with van der Waals surface area (Å²) in [6.07, 6.45) is 1.69. The molecular formula is C17H16N2O2. The summed E-state index contributed by atoms with van der Waals surface area (Å²) >= 11 is 0. The molecule has 1 heterocycles. The second-order valence-corrected chi connectivity index (χ2v) is 4.68. The Bertz CT molecular complexity index is 710. The lowest BCUT2D eigenvalue weighted by molar-refractivity contribution is 0.102. The minimum atomic E-state index is -0.270. The number of anilines is 1. The first-order valence-electron chi connectivity index (χ1n) is 6.54. The van der Waals surface area contributed by atoms with Crippen LogP contribution in [0.1, 0.15) is 27.0 Å². The number of pyridine rings is 1. The van der Waals surface area contributed by atoms with Gasteiger partial charge in [0.1, 0.15) is 12.4 Å². The molecular weight excluding hydrogens is 264 g/mol. The number of nitrogens with one attached hydrogen (secondary N) is 1. The molecule has 2 N–H and O–H groups in total. The van der Waals surface area contributed by atoms with Gasteiger partial charge in [-0.25, -0.2) is 4.98 Å². The van der Waals surface area contributed by atoms with E-state index in [-0.39, 0.29) is 12.5 Å². The molecule has 0 fully saturated rings. The van der Waals surface area contributed by atoms with Crippen molar-refractivity contribution < 1.29 is 9.90 Å². The highest BCUT2D eigenvalue weighted by molar-refractivity contribution is 6.05. The fraction of sp³-hybridized carbons (Fsp3) is 0.176. The van der Waals surface area contributed by atoms with Crippen molar-refractivity contribution >= 4 is 11.7 Å². The molecule has 0 bridgehead atoms. The molecule has 1 amide bonds. The standard InChI is InChI=1S/C17H16N2O2/c1-12-5-7-15(14(10-12)4-3-9-20)17(21)19-16-8-6-13(2)11-18-16/h5-8,10-11,20H,9H2,1-2H3,(H,18,19,21). The summed E-state index contributed by atoms with van der Waals surface area (Å²) in [6, 6.07) is 9.02. The topological polar surface area (TPSA) is 62.2 Å². The van der Waals surface area contributed by atoms with Crippen molar-refractivity contribution in [1.82, 2.24) is 4.98 Å². The van der Waals surface area contributed by atoms with Crippen LogP contribution < -0.4 is 5.32 Å². The largest absolute Gasteiger partial charge is 0.384 e. The van der Waals surface area contributed by atoms with E-state index in [1.807, 2.05) is 32.0 Å². The van der Waals surface area contributed by atoms with E-state index in [9.17, 15) is 4.79 Å². The second-order valence-electron chi connectivity index (χ2n) is 4.68. The summed E-state index contributed by atoms with van der Waals surface area (Å²) in [5.41, 5.74) is 3.08. The minimum absolute atomic E-state index is 0.242. The van der Waals surface area contributed by atoms with Gasteiger partial charge in [-0.1, -0.05) is 24.0 Å². The predicted molar refractivity (Wildman–Crippen MR) is 82.1 cm³/mol. The predicted octanol–water partition coefficient (Wildman–Crippen LogP) is 2.29. The molecule has 0 radical (unpaired) electrons. The molecule has 0 atom stereocenters. The lowest BCUT2D eigenvalue weighted by atomic mass is 10.0. The first kappa shape index (κ1) is 14.8. The second kappa shape index (κ2) is 6.69. The highest BCUT2D eigenvalue weighted by Crippen LogP contribution is 2.13. The average molecular weight is 280 g/mol. The van der Waals surface area contributed by atoms with Gasteiger partial charge in [0.05, 0.1) is 5.56 Å². The summed E-state index contributed by atoms with van der Waals surface area (Å²) in [7, 11) is 0. The van der Waals surface area contributed by atoms with Crippen molar-refractivity contribution in [3.63, 3.8) is 0 Å². The first-order chi connectivity index (χ1) is 10.1. The molecule has 0 saturated carbocycles. The molecule has 0 spiro atoms. The lowest BCUT2D eigenvalue weighted by Crippen LogP contribution is -2.14. The Labute approximate surface area is 123 Å². The smallest absolute Gasteiger partial charge is 0.258 e.